The Morgan fingerprint density at radius 2 is 2.00 bits per heavy atom. The number of carbonyl (C=O) groups excluding carboxylic acids is 1. The van der Waals surface area contributed by atoms with Crippen LogP contribution in [0.25, 0.3) is 0 Å². The van der Waals surface area contributed by atoms with Crippen LogP contribution >= 0.6 is 23.2 Å². The van der Waals surface area contributed by atoms with Gasteiger partial charge >= 0.3 is 5.97 Å². The number of hydrogen-bond donors (Lipinski definition) is 2. The molecule has 0 aliphatic rings. The standard InChI is InChI=1S/C12H13Cl2NO3/c1-12(11(17)18,10(16)15-2)6-7-3-4-8(13)5-9(7)14/h3-5H,6H2,1-2H3,(H,15,16)(H,17,18). The average molecular weight is 290 g/mol. The van der Waals surface area contributed by atoms with Crippen molar-refractivity contribution in [3.8, 4) is 0 Å². The molecule has 0 bridgehead atoms. The average Bonchev–Trinajstić information content (AvgIpc) is 2.31. The molecule has 1 aromatic carbocycles. The van der Waals surface area contributed by atoms with E-state index in [1.165, 1.54) is 20.0 Å². The minimum Gasteiger partial charge on any atom is -0.480 e. The zero-order valence-electron chi connectivity index (χ0n) is 9.96. The highest BCUT2D eigenvalue weighted by atomic mass is 35.5. The fraction of sp³-hybridized carbons (Fsp3) is 0.333. The van der Waals surface area contributed by atoms with Gasteiger partial charge in [-0.25, -0.2) is 0 Å². The van der Waals surface area contributed by atoms with E-state index >= 15 is 0 Å². The molecule has 1 atom stereocenters. The molecule has 6 heteroatoms. The van der Waals surface area contributed by atoms with Gasteiger partial charge in [-0.15, -0.1) is 0 Å². The van der Waals surface area contributed by atoms with Crippen LogP contribution in [0, 0.1) is 5.41 Å². The lowest BCUT2D eigenvalue weighted by atomic mass is 9.82. The second-order valence-electron chi connectivity index (χ2n) is 4.13. The number of benzene rings is 1. The van der Waals surface area contributed by atoms with E-state index in [4.69, 9.17) is 23.2 Å². The third kappa shape index (κ3) is 2.94. The van der Waals surface area contributed by atoms with Gasteiger partial charge in [0.05, 0.1) is 0 Å². The maximum atomic E-state index is 11.7. The highest BCUT2D eigenvalue weighted by Crippen LogP contribution is 2.29. The number of amides is 1. The van der Waals surface area contributed by atoms with Crippen molar-refractivity contribution >= 4 is 35.1 Å². The molecular weight excluding hydrogens is 277 g/mol. The Labute approximate surface area is 115 Å². The molecule has 0 aromatic heterocycles. The number of rotatable bonds is 4. The summed E-state index contributed by atoms with van der Waals surface area (Å²) in [6.45, 7) is 1.36. The normalized spacial score (nSPS) is 13.8. The van der Waals surface area contributed by atoms with E-state index in [0.29, 0.717) is 15.6 Å². The number of carboxylic acids is 1. The van der Waals surface area contributed by atoms with Crippen LogP contribution in [-0.4, -0.2) is 24.0 Å². The Morgan fingerprint density at radius 1 is 1.39 bits per heavy atom. The Hall–Kier alpha value is -1.26. The van der Waals surface area contributed by atoms with Gasteiger partial charge in [-0.1, -0.05) is 29.3 Å². The van der Waals surface area contributed by atoms with E-state index in [2.05, 4.69) is 5.32 Å². The first-order valence-electron chi connectivity index (χ1n) is 5.20. The van der Waals surface area contributed by atoms with E-state index in [1.54, 1.807) is 12.1 Å². The molecule has 98 valence electrons. The molecule has 1 amide bonds. The predicted octanol–water partition coefficient (Wildman–Crippen LogP) is 2.37. The second-order valence-corrected chi connectivity index (χ2v) is 4.97. The Bertz CT molecular complexity index is 490. The zero-order chi connectivity index (χ0) is 13.9. The summed E-state index contributed by atoms with van der Waals surface area (Å²) in [5, 5.41) is 12.4. The maximum absolute atomic E-state index is 11.7. The molecule has 4 nitrogen and oxygen atoms in total. The van der Waals surface area contributed by atoms with Crippen LogP contribution in [0.1, 0.15) is 12.5 Å². The Kier molecular flexibility index (Phi) is 4.59. The summed E-state index contributed by atoms with van der Waals surface area (Å²) in [6, 6.07) is 4.74. The van der Waals surface area contributed by atoms with Crippen LogP contribution < -0.4 is 5.32 Å². The van der Waals surface area contributed by atoms with E-state index in [0.717, 1.165) is 0 Å². The number of hydrogen-bond acceptors (Lipinski definition) is 2. The highest BCUT2D eigenvalue weighted by Gasteiger charge is 2.41. The van der Waals surface area contributed by atoms with Crippen molar-refractivity contribution in [3.05, 3.63) is 33.8 Å². The van der Waals surface area contributed by atoms with Crippen LogP contribution in [0.2, 0.25) is 10.0 Å². The fourth-order valence-corrected chi connectivity index (χ4v) is 2.05. The molecular formula is C12H13Cl2NO3. The predicted molar refractivity (Wildman–Crippen MR) is 70.0 cm³/mol. The maximum Gasteiger partial charge on any atom is 0.319 e. The second kappa shape index (κ2) is 5.59. The highest BCUT2D eigenvalue weighted by molar-refractivity contribution is 6.35. The van der Waals surface area contributed by atoms with Gasteiger partial charge in [-0.2, -0.15) is 0 Å². The number of carbonyl (C=O) groups is 2. The molecule has 0 saturated heterocycles. The molecule has 18 heavy (non-hydrogen) atoms. The van der Waals surface area contributed by atoms with Gasteiger partial charge in [-0.3, -0.25) is 9.59 Å². The minimum absolute atomic E-state index is 0.00198. The Morgan fingerprint density at radius 3 is 2.44 bits per heavy atom. The van der Waals surface area contributed by atoms with Crippen molar-refractivity contribution < 1.29 is 14.7 Å². The SMILES string of the molecule is CNC(=O)C(C)(Cc1ccc(Cl)cc1Cl)C(=O)O. The van der Waals surface area contributed by atoms with E-state index < -0.39 is 17.3 Å². The lowest BCUT2D eigenvalue weighted by Gasteiger charge is -2.23. The molecule has 0 radical (unpaired) electrons. The number of aliphatic carboxylic acids is 1. The van der Waals surface area contributed by atoms with Crippen LogP contribution in [0.15, 0.2) is 18.2 Å². The van der Waals surface area contributed by atoms with Gasteiger partial charge in [0.25, 0.3) is 0 Å². The number of nitrogens with one attached hydrogen (secondary N) is 1. The van der Waals surface area contributed by atoms with Crippen LogP contribution in [-0.2, 0) is 16.0 Å². The van der Waals surface area contributed by atoms with Crippen LogP contribution in [0.3, 0.4) is 0 Å². The van der Waals surface area contributed by atoms with Gasteiger partial charge in [0.2, 0.25) is 5.91 Å². The summed E-state index contributed by atoms with van der Waals surface area (Å²) >= 11 is 11.7. The van der Waals surface area contributed by atoms with Gasteiger partial charge in [0.1, 0.15) is 5.41 Å². The molecule has 0 fully saturated rings. The monoisotopic (exact) mass is 289 g/mol. The summed E-state index contributed by atoms with van der Waals surface area (Å²) in [5.41, 5.74) is -0.999. The summed E-state index contributed by atoms with van der Waals surface area (Å²) in [4.78, 5) is 23.0. The first-order chi connectivity index (χ1) is 8.31. The molecule has 2 N–H and O–H groups in total. The van der Waals surface area contributed by atoms with E-state index in [1.807, 2.05) is 0 Å². The lowest BCUT2D eigenvalue weighted by molar-refractivity contribution is -0.154. The van der Waals surface area contributed by atoms with Crippen molar-refractivity contribution in [2.45, 2.75) is 13.3 Å². The van der Waals surface area contributed by atoms with E-state index in [-0.39, 0.29) is 6.42 Å². The Balaban J connectivity index is 3.12. The van der Waals surface area contributed by atoms with Crippen molar-refractivity contribution in [2.24, 2.45) is 5.41 Å². The molecule has 1 rings (SSSR count). The zero-order valence-corrected chi connectivity index (χ0v) is 11.5. The molecule has 1 aromatic rings. The van der Waals surface area contributed by atoms with E-state index in [9.17, 15) is 14.7 Å². The quantitative estimate of drug-likeness (QED) is 0.837. The molecule has 0 aliphatic carbocycles. The third-order valence-corrected chi connectivity index (χ3v) is 3.35. The largest absolute Gasteiger partial charge is 0.480 e. The first-order valence-corrected chi connectivity index (χ1v) is 5.96. The molecule has 0 spiro atoms. The summed E-state index contributed by atoms with van der Waals surface area (Å²) in [7, 11) is 1.40. The number of carboxylic acid groups (broad SMARTS) is 1. The molecule has 0 heterocycles. The van der Waals surface area contributed by atoms with Crippen LogP contribution in [0.4, 0.5) is 0 Å². The number of halogens is 2. The molecule has 1 unspecified atom stereocenters. The van der Waals surface area contributed by atoms with Crippen molar-refractivity contribution in [2.75, 3.05) is 7.05 Å². The minimum atomic E-state index is -1.56. The summed E-state index contributed by atoms with van der Waals surface area (Å²) in [5.74, 6) is -1.77. The van der Waals surface area contributed by atoms with Crippen molar-refractivity contribution in [1.29, 1.82) is 0 Å². The van der Waals surface area contributed by atoms with Crippen LogP contribution in [0.5, 0.6) is 0 Å². The first kappa shape index (κ1) is 14.8. The van der Waals surface area contributed by atoms with Gasteiger partial charge in [-0.05, 0) is 31.0 Å². The summed E-state index contributed by atoms with van der Waals surface area (Å²) in [6.07, 6.45) is -0.00198. The topological polar surface area (TPSA) is 66.4 Å². The smallest absolute Gasteiger partial charge is 0.319 e. The van der Waals surface area contributed by atoms with Gasteiger partial charge < -0.3 is 10.4 Å². The van der Waals surface area contributed by atoms with Crippen molar-refractivity contribution in [3.63, 3.8) is 0 Å². The fourth-order valence-electron chi connectivity index (χ4n) is 1.57. The molecule has 0 aliphatic heterocycles. The van der Waals surface area contributed by atoms with Gasteiger partial charge in [0.15, 0.2) is 0 Å². The molecule has 0 saturated carbocycles. The third-order valence-electron chi connectivity index (χ3n) is 2.76. The van der Waals surface area contributed by atoms with Crippen molar-refractivity contribution in [1.82, 2.24) is 5.32 Å². The summed E-state index contributed by atoms with van der Waals surface area (Å²) < 4.78 is 0. The lowest BCUT2D eigenvalue weighted by Crippen LogP contribution is -2.44. The van der Waals surface area contributed by atoms with Gasteiger partial charge in [0, 0.05) is 17.1 Å².